The molecule has 0 unspecified atom stereocenters. The summed E-state index contributed by atoms with van der Waals surface area (Å²) in [7, 11) is -3.49. The molecule has 0 bridgehead atoms. The van der Waals surface area contributed by atoms with E-state index in [9.17, 15) is 8.42 Å². The first-order valence-electron chi connectivity index (χ1n) is 9.41. The predicted octanol–water partition coefficient (Wildman–Crippen LogP) is 3.92. The van der Waals surface area contributed by atoms with Gasteiger partial charge >= 0.3 is 0 Å². The summed E-state index contributed by atoms with van der Waals surface area (Å²) in [6, 6.07) is 15.1. The van der Waals surface area contributed by atoms with Gasteiger partial charge in [-0.2, -0.15) is 9.29 Å². The molecule has 1 aliphatic heterocycles. The van der Waals surface area contributed by atoms with E-state index in [1.165, 1.54) is 0 Å². The van der Waals surface area contributed by atoms with Crippen LogP contribution in [0, 0.1) is 13.8 Å². The maximum absolute atomic E-state index is 13.0. The van der Waals surface area contributed by atoms with Crippen molar-refractivity contribution in [2.24, 2.45) is 0 Å². The second kappa shape index (κ2) is 7.48. The Morgan fingerprint density at radius 1 is 1.04 bits per heavy atom. The lowest BCUT2D eigenvalue weighted by Crippen LogP contribution is -2.38. The number of rotatable bonds is 4. The first kappa shape index (κ1) is 18.8. The molecule has 3 aromatic rings. The molecule has 1 saturated heterocycles. The number of sulfonamides is 1. The molecular formula is C21H23N3O3S. The summed E-state index contributed by atoms with van der Waals surface area (Å²) in [5.41, 5.74) is 2.75. The van der Waals surface area contributed by atoms with Crippen molar-refractivity contribution in [2.75, 3.05) is 13.1 Å². The van der Waals surface area contributed by atoms with Gasteiger partial charge in [-0.1, -0.05) is 53.2 Å². The lowest BCUT2D eigenvalue weighted by atomic mass is 9.98. The van der Waals surface area contributed by atoms with Crippen LogP contribution in [0.3, 0.4) is 0 Å². The Balaban J connectivity index is 1.47. The summed E-state index contributed by atoms with van der Waals surface area (Å²) in [5.74, 6) is 1.24. The average Bonchev–Trinajstić information content (AvgIpc) is 3.19. The van der Waals surface area contributed by atoms with E-state index < -0.39 is 10.0 Å². The van der Waals surface area contributed by atoms with Crippen LogP contribution < -0.4 is 0 Å². The number of hydrogen-bond acceptors (Lipinski definition) is 5. The maximum Gasteiger partial charge on any atom is 0.243 e. The number of aromatic nitrogens is 2. The van der Waals surface area contributed by atoms with Crippen LogP contribution in [-0.2, 0) is 10.0 Å². The van der Waals surface area contributed by atoms with E-state index in [1.807, 2.05) is 56.3 Å². The van der Waals surface area contributed by atoms with Gasteiger partial charge < -0.3 is 4.52 Å². The summed E-state index contributed by atoms with van der Waals surface area (Å²) in [4.78, 5) is 4.92. The van der Waals surface area contributed by atoms with Crippen molar-refractivity contribution < 1.29 is 12.9 Å². The van der Waals surface area contributed by atoms with Gasteiger partial charge in [-0.15, -0.1) is 0 Å². The molecule has 28 heavy (non-hydrogen) atoms. The van der Waals surface area contributed by atoms with Crippen LogP contribution in [0.15, 0.2) is 57.9 Å². The molecule has 0 amide bonds. The maximum atomic E-state index is 13.0. The van der Waals surface area contributed by atoms with Crippen LogP contribution in [0.2, 0.25) is 0 Å². The Morgan fingerprint density at radius 2 is 1.75 bits per heavy atom. The third kappa shape index (κ3) is 3.59. The molecule has 0 saturated carbocycles. The highest BCUT2D eigenvalue weighted by Crippen LogP contribution is 2.31. The van der Waals surface area contributed by atoms with Gasteiger partial charge in [0.15, 0.2) is 0 Å². The molecular weight excluding hydrogens is 374 g/mol. The predicted molar refractivity (Wildman–Crippen MR) is 106 cm³/mol. The molecule has 0 spiro atoms. The van der Waals surface area contributed by atoms with Gasteiger partial charge in [0, 0.05) is 24.6 Å². The second-order valence-corrected chi connectivity index (χ2v) is 9.18. The number of hydrogen-bond donors (Lipinski definition) is 0. The largest absolute Gasteiger partial charge is 0.339 e. The molecule has 7 heteroatoms. The smallest absolute Gasteiger partial charge is 0.243 e. The van der Waals surface area contributed by atoms with Crippen molar-refractivity contribution in [3.63, 3.8) is 0 Å². The molecule has 0 atom stereocenters. The fraction of sp³-hybridized carbons (Fsp3) is 0.333. The highest BCUT2D eigenvalue weighted by atomic mass is 32.2. The number of aryl methyl sites for hydroxylation is 2. The molecule has 0 aliphatic carbocycles. The quantitative estimate of drug-likeness (QED) is 0.667. The van der Waals surface area contributed by atoms with Crippen molar-refractivity contribution in [3.8, 4) is 11.4 Å². The molecule has 6 nitrogen and oxygen atoms in total. The van der Waals surface area contributed by atoms with E-state index in [0.29, 0.717) is 42.5 Å². The topological polar surface area (TPSA) is 76.3 Å². The molecule has 2 heterocycles. The minimum atomic E-state index is -3.49. The van der Waals surface area contributed by atoms with Crippen molar-refractivity contribution in [2.45, 2.75) is 37.5 Å². The van der Waals surface area contributed by atoms with E-state index in [2.05, 4.69) is 10.1 Å². The van der Waals surface area contributed by atoms with Crippen molar-refractivity contribution in [1.82, 2.24) is 14.4 Å². The van der Waals surface area contributed by atoms with Crippen LogP contribution in [-0.4, -0.2) is 36.0 Å². The molecule has 2 aromatic carbocycles. The van der Waals surface area contributed by atoms with Gasteiger partial charge in [-0.05, 0) is 38.3 Å². The highest BCUT2D eigenvalue weighted by molar-refractivity contribution is 7.89. The Hall–Kier alpha value is -2.51. The van der Waals surface area contributed by atoms with Crippen molar-refractivity contribution in [3.05, 3.63) is 65.5 Å². The zero-order valence-corrected chi connectivity index (χ0v) is 16.8. The van der Waals surface area contributed by atoms with Crippen LogP contribution in [0.25, 0.3) is 11.4 Å². The van der Waals surface area contributed by atoms with Crippen LogP contribution in [0.1, 0.15) is 35.8 Å². The first-order valence-corrected chi connectivity index (χ1v) is 10.9. The molecule has 0 radical (unpaired) electrons. The minimum Gasteiger partial charge on any atom is -0.339 e. The second-order valence-electron chi connectivity index (χ2n) is 7.27. The Bertz CT molecular complexity index is 1070. The fourth-order valence-electron chi connectivity index (χ4n) is 3.68. The SMILES string of the molecule is Cc1ccc(S(=O)(=O)N2CCC(c3nc(-c4ccccc4)no3)CC2)c(C)c1. The first-order chi connectivity index (χ1) is 13.4. The van der Waals surface area contributed by atoms with Gasteiger partial charge in [-0.25, -0.2) is 8.42 Å². The molecule has 0 N–H and O–H groups in total. The van der Waals surface area contributed by atoms with E-state index in [0.717, 1.165) is 16.7 Å². The van der Waals surface area contributed by atoms with E-state index >= 15 is 0 Å². The summed E-state index contributed by atoms with van der Waals surface area (Å²) >= 11 is 0. The van der Waals surface area contributed by atoms with Crippen LogP contribution >= 0.6 is 0 Å². The lowest BCUT2D eigenvalue weighted by Gasteiger charge is -2.30. The zero-order chi connectivity index (χ0) is 19.7. The molecule has 4 rings (SSSR count). The zero-order valence-electron chi connectivity index (χ0n) is 16.0. The van der Waals surface area contributed by atoms with E-state index in [1.54, 1.807) is 10.4 Å². The standard InChI is InChI=1S/C21H23N3O3S/c1-15-8-9-19(16(2)14-15)28(25,26)24-12-10-18(11-13-24)21-22-20(23-27-21)17-6-4-3-5-7-17/h3-9,14,18H,10-13H2,1-2H3. The number of benzene rings is 2. The van der Waals surface area contributed by atoms with Crippen LogP contribution in [0.4, 0.5) is 0 Å². The third-order valence-electron chi connectivity index (χ3n) is 5.23. The van der Waals surface area contributed by atoms with Gasteiger partial charge in [0.05, 0.1) is 4.90 Å². The Kier molecular flexibility index (Phi) is 5.03. The van der Waals surface area contributed by atoms with Gasteiger partial charge in [0.2, 0.25) is 21.7 Å². The Labute approximate surface area is 165 Å². The monoisotopic (exact) mass is 397 g/mol. The summed E-state index contributed by atoms with van der Waals surface area (Å²) < 4.78 is 33.1. The van der Waals surface area contributed by atoms with E-state index in [4.69, 9.17) is 4.52 Å². The summed E-state index contributed by atoms with van der Waals surface area (Å²) in [6.45, 7) is 4.70. The fourth-order valence-corrected chi connectivity index (χ4v) is 5.35. The minimum absolute atomic E-state index is 0.0792. The number of piperidine rings is 1. The molecule has 146 valence electrons. The molecule has 1 aliphatic rings. The Morgan fingerprint density at radius 3 is 2.43 bits per heavy atom. The third-order valence-corrected chi connectivity index (χ3v) is 7.28. The van der Waals surface area contributed by atoms with Gasteiger partial charge in [0.25, 0.3) is 0 Å². The number of nitrogens with zero attached hydrogens (tertiary/aromatic N) is 3. The summed E-state index contributed by atoms with van der Waals surface area (Å²) in [6.07, 6.45) is 1.33. The van der Waals surface area contributed by atoms with Crippen LogP contribution in [0.5, 0.6) is 0 Å². The molecule has 1 fully saturated rings. The average molecular weight is 398 g/mol. The van der Waals surface area contributed by atoms with Crippen molar-refractivity contribution >= 4 is 10.0 Å². The normalized spacial score (nSPS) is 16.4. The highest BCUT2D eigenvalue weighted by Gasteiger charge is 2.32. The van der Waals surface area contributed by atoms with Crippen molar-refractivity contribution in [1.29, 1.82) is 0 Å². The summed E-state index contributed by atoms with van der Waals surface area (Å²) in [5, 5.41) is 4.08. The molecule has 1 aromatic heterocycles. The lowest BCUT2D eigenvalue weighted by molar-refractivity contribution is 0.270. The van der Waals surface area contributed by atoms with E-state index in [-0.39, 0.29) is 5.92 Å². The van der Waals surface area contributed by atoms with Gasteiger partial charge in [-0.3, -0.25) is 0 Å². The van der Waals surface area contributed by atoms with Gasteiger partial charge in [0.1, 0.15) is 0 Å².